The highest BCUT2D eigenvalue weighted by atomic mass is 35.5. The zero-order valence-corrected chi connectivity index (χ0v) is 18.5. The molecular formula is C19H22ClN3O6S. The van der Waals surface area contributed by atoms with Crippen molar-refractivity contribution in [2.24, 2.45) is 10.2 Å². The lowest BCUT2D eigenvalue weighted by atomic mass is 10.2. The monoisotopic (exact) mass is 455 g/mol. The lowest BCUT2D eigenvalue weighted by molar-refractivity contribution is -0.133. The Balaban J connectivity index is 2.44. The Bertz CT molecular complexity index is 960. The zero-order valence-electron chi connectivity index (χ0n) is 16.9. The molecule has 0 unspecified atom stereocenters. The number of aromatic hydroxyl groups is 1. The summed E-state index contributed by atoms with van der Waals surface area (Å²) in [5.74, 6) is -1.18. The molecule has 2 rings (SSSR count). The standard InChI is InChI=1S/C19H22ClN3O6S/c1-5-14(24)29-19-10(3)15(18(26)28-6-2)17(30-19)23-22-11-7-12(20)16(25)13(8-11)21-9-27-4/h7-8,21,25H,5-6,9H2,1-4H3. The molecule has 1 aromatic carbocycles. The highest BCUT2D eigenvalue weighted by Crippen LogP contribution is 2.43. The van der Waals surface area contributed by atoms with E-state index in [1.165, 1.54) is 19.2 Å². The predicted molar refractivity (Wildman–Crippen MR) is 114 cm³/mol. The maximum absolute atomic E-state index is 12.4. The van der Waals surface area contributed by atoms with Gasteiger partial charge in [-0.1, -0.05) is 29.9 Å². The number of halogens is 1. The normalized spacial score (nSPS) is 11.0. The predicted octanol–water partition coefficient (Wildman–Crippen LogP) is 5.34. The minimum absolute atomic E-state index is 0.0654. The number of phenolic OH excluding ortho intramolecular Hbond substituents is 1. The first-order valence-electron chi connectivity index (χ1n) is 9.00. The minimum atomic E-state index is -0.592. The third-order valence-electron chi connectivity index (χ3n) is 3.77. The van der Waals surface area contributed by atoms with E-state index >= 15 is 0 Å². The van der Waals surface area contributed by atoms with E-state index in [0.717, 1.165) is 11.3 Å². The van der Waals surface area contributed by atoms with Gasteiger partial charge in [0.1, 0.15) is 12.3 Å². The fourth-order valence-corrected chi connectivity index (χ4v) is 3.49. The molecule has 2 N–H and O–H groups in total. The Morgan fingerprint density at radius 2 is 2.00 bits per heavy atom. The molecule has 0 fully saturated rings. The summed E-state index contributed by atoms with van der Waals surface area (Å²) < 4.78 is 15.3. The summed E-state index contributed by atoms with van der Waals surface area (Å²) in [4.78, 5) is 24.1. The van der Waals surface area contributed by atoms with Gasteiger partial charge in [0.05, 0.1) is 23.0 Å². The van der Waals surface area contributed by atoms with Gasteiger partial charge in [-0.05, 0) is 26.0 Å². The van der Waals surface area contributed by atoms with Crippen molar-refractivity contribution in [1.82, 2.24) is 0 Å². The van der Waals surface area contributed by atoms with Gasteiger partial charge in [-0.2, -0.15) is 0 Å². The summed E-state index contributed by atoms with van der Waals surface area (Å²) in [5.41, 5.74) is 1.25. The van der Waals surface area contributed by atoms with Gasteiger partial charge in [0, 0.05) is 19.1 Å². The number of nitrogens with one attached hydrogen (secondary N) is 1. The second kappa shape index (κ2) is 10.9. The van der Waals surface area contributed by atoms with Gasteiger partial charge in [0.15, 0.2) is 15.8 Å². The Morgan fingerprint density at radius 1 is 1.27 bits per heavy atom. The number of carbonyl (C=O) groups is 2. The molecular weight excluding hydrogens is 434 g/mol. The summed E-state index contributed by atoms with van der Waals surface area (Å²) in [6, 6.07) is 2.94. The van der Waals surface area contributed by atoms with E-state index in [4.69, 9.17) is 25.8 Å². The third kappa shape index (κ3) is 5.68. The maximum atomic E-state index is 12.4. The molecule has 0 aliphatic heterocycles. The second-order valence-electron chi connectivity index (χ2n) is 5.88. The van der Waals surface area contributed by atoms with E-state index in [0.29, 0.717) is 16.9 Å². The molecule has 2 aromatic rings. The fourth-order valence-electron chi connectivity index (χ4n) is 2.30. The summed E-state index contributed by atoms with van der Waals surface area (Å²) >= 11 is 7.05. The van der Waals surface area contributed by atoms with Gasteiger partial charge in [-0.15, -0.1) is 10.2 Å². The van der Waals surface area contributed by atoms with Gasteiger partial charge in [-0.25, -0.2) is 4.79 Å². The second-order valence-corrected chi connectivity index (χ2v) is 7.25. The molecule has 0 atom stereocenters. The zero-order chi connectivity index (χ0) is 22.3. The number of azo groups is 1. The molecule has 11 heteroatoms. The van der Waals surface area contributed by atoms with Gasteiger partial charge in [-0.3, -0.25) is 4.79 Å². The van der Waals surface area contributed by atoms with E-state index < -0.39 is 11.9 Å². The Labute approximate surface area is 182 Å². The number of phenols is 1. The van der Waals surface area contributed by atoms with Crippen LogP contribution in [0.15, 0.2) is 22.4 Å². The number of hydrogen-bond donors (Lipinski definition) is 2. The first-order chi connectivity index (χ1) is 14.3. The number of ether oxygens (including phenoxy) is 3. The number of thiophene rings is 1. The van der Waals surface area contributed by atoms with Crippen LogP contribution in [-0.4, -0.2) is 37.5 Å². The van der Waals surface area contributed by atoms with Gasteiger partial charge < -0.3 is 24.6 Å². The summed E-state index contributed by atoms with van der Waals surface area (Å²) in [7, 11) is 1.49. The van der Waals surface area contributed by atoms with Crippen LogP contribution in [0.4, 0.5) is 16.4 Å². The van der Waals surface area contributed by atoms with Crippen LogP contribution in [0.1, 0.15) is 36.2 Å². The molecule has 0 aliphatic rings. The Morgan fingerprint density at radius 3 is 2.63 bits per heavy atom. The molecule has 0 aliphatic carbocycles. The van der Waals surface area contributed by atoms with E-state index in [9.17, 15) is 14.7 Å². The van der Waals surface area contributed by atoms with E-state index in [-0.39, 0.29) is 46.2 Å². The number of methoxy groups -OCH3 is 1. The molecule has 30 heavy (non-hydrogen) atoms. The van der Waals surface area contributed by atoms with E-state index in [2.05, 4.69) is 15.5 Å². The van der Waals surface area contributed by atoms with Crippen LogP contribution in [0.25, 0.3) is 0 Å². The van der Waals surface area contributed by atoms with Gasteiger partial charge >= 0.3 is 11.9 Å². The van der Waals surface area contributed by atoms with Gasteiger partial charge in [0.25, 0.3) is 0 Å². The first kappa shape index (κ1) is 23.6. The average molecular weight is 456 g/mol. The molecule has 0 saturated heterocycles. The van der Waals surface area contributed by atoms with Crippen molar-refractivity contribution in [1.29, 1.82) is 0 Å². The van der Waals surface area contributed by atoms with Gasteiger partial charge in [0.2, 0.25) is 0 Å². The number of benzene rings is 1. The minimum Gasteiger partial charge on any atom is -0.504 e. The van der Waals surface area contributed by atoms with Crippen LogP contribution >= 0.6 is 22.9 Å². The number of hydrogen-bond acceptors (Lipinski definition) is 10. The fraction of sp³-hybridized carbons (Fsp3) is 0.368. The summed E-state index contributed by atoms with van der Waals surface area (Å²) in [6.07, 6.45) is 0.187. The van der Waals surface area contributed by atoms with Crippen LogP contribution in [0, 0.1) is 6.92 Å². The average Bonchev–Trinajstić information content (AvgIpc) is 3.02. The number of esters is 2. The maximum Gasteiger partial charge on any atom is 0.341 e. The quantitative estimate of drug-likeness (QED) is 0.226. The molecule has 1 aromatic heterocycles. The van der Waals surface area contributed by atoms with E-state index in [1.807, 2.05) is 0 Å². The molecule has 0 bridgehead atoms. The van der Waals surface area contributed by atoms with Crippen LogP contribution in [0.3, 0.4) is 0 Å². The van der Waals surface area contributed by atoms with Crippen LogP contribution < -0.4 is 10.1 Å². The molecule has 0 amide bonds. The van der Waals surface area contributed by atoms with Crippen LogP contribution in [0.2, 0.25) is 5.02 Å². The molecule has 162 valence electrons. The van der Waals surface area contributed by atoms with E-state index in [1.54, 1.807) is 20.8 Å². The molecule has 1 heterocycles. The van der Waals surface area contributed by atoms with Crippen molar-refractivity contribution in [3.8, 4) is 10.8 Å². The first-order valence-corrected chi connectivity index (χ1v) is 10.2. The Kier molecular flexibility index (Phi) is 8.58. The van der Waals surface area contributed by atoms with Crippen molar-refractivity contribution in [2.75, 3.05) is 25.8 Å². The smallest absolute Gasteiger partial charge is 0.341 e. The highest BCUT2D eigenvalue weighted by molar-refractivity contribution is 7.18. The highest BCUT2D eigenvalue weighted by Gasteiger charge is 2.24. The van der Waals surface area contributed by atoms with Crippen LogP contribution in [0.5, 0.6) is 10.8 Å². The molecule has 0 radical (unpaired) electrons. The topological polar surface area (TPSA) is 119 Å². The lowest BCUT2D eigenvalue weighted by Gasteiger charge is -2.09. The SMILES string of the molecule is CCOC(=O)c1c(N=Nc2cc(Cl)c(O)c(NCOC)c2)sc(OC(=O)CC)c1C. The van der Waals surface area contributed by atoms with Crippen molar-refractivity contribution in [2.45, 2.75) is 27.2 Å². The van der Waals surface area contributed by atoms with Crippen molar-refractivity contribution < 1.29 is 28.9 Å². The Hall–Kier alpha value is -2.69. The molecule has 9 nitrogen and oxygen atoms in total. The van der Waals surface area contributed by atoms with Crippen LogP contribution in [-0.2, 0) is 14.3 Å². The molecule has 0 saturated carbocycles. The number of anilines is 1. The van der Waals surface area contributed by atoms with Crippen molar-refractivity contribution >= 4 is 51.3 Å². The number of nitrogens with zero attached hydrogens (tertiary/aromatic N) is 2. The third-order valence-corrected chi connectivity index (χ3v) is 5.11. The summed E-state index contributed by atoms with van der Waals surface area (Å²) in [6.45, 7) is 5.32. The van der Waals surface area contributed by atoms with Crippen molar-refractivity contribution in [3.63, 3.8) is 0 Å². The molecule has 0 spiro atoms. The lowest BCUT2D eigenvalue weighted by Crippen LogP contribution is -2.07. The number of carbonyl (C=O) groups excluding carboxylic acids is 2. The number of rotatable bonds is 9. The van der Waals surface area contributed by atoms with Crippen molar-refractivity contribution in [3.05, 3.63) is 28.3 Å². The summed E-state index contributed by atoms with van der Waals surface area (Å²) in [5, 5.41) is 21.7. The largest absolute Gasteiger partial charge is 0.504 e.